The van der Waals surface area contributed by atoms with Crippen LogP contribution < -0.4 is 5.32 Å². The number of hydrogen-bond acceptors (Lipinski definition) is 6. The summed E-state index contributed by atoms with van der Waals surface area (Å²) in [7, 11) is 2.13. The van der Waals surface area contributed by atoms with Crippen LogP contribution in [0.1, 0.15) is 18.7 Å². The second-order valence-electron chi connectivity index (χ2n) is 8.08. The van der Waals surface area contributed by atoms with Crippen LogP contribution in [0.4, 0.5) is 14.7 Å². The largest absolute Gasteiger partial charge is 0.351 e. The molecule has 1 fully saturated rings. The normalized spacial score (nSPS) is 16.0. The number of aryl methyl sites for hydroxylation is 1. The molecule has 0 radical (unpaired) electrons. The van der Waals surface area contributed by atoms with Crippen molar-refractivity contribution < 1.29 is 8.78 Å². The fraction of sp³-hybridized carbons (Fsp3) is 0.429. The number of anilines is 1. The number of aromatic nitrogens is 6. The van der Waals surface area contributed by atoms with Crippen LogP contribution in [-0.2, 0) is 6.54 Å². The molecular formula is C21H24F2N8. The molecule has 31 heavy (non-hydrogen) atoms. The monoisotopic (exact) mass is 426 g/mol. The van der Waals surface area contributed by atoms with E-state index in [1.165, 1.54) is 4.57 Å². The van der Waals surface area contributed by atoms with Gasteiger partial charge in [0.05, 0.1) is 12.2 Å². The highest BCUT2D eigenvalue weighted by Gasteiger charge is 2.19. The summed E-state index contributed by atoms with van der Waals surface area (Å²) in [5.74, 6) is 1.12. The van der Waals surface area contributed by atoms with Crippen molar-refractivity contribution >= 4 is 28.1 Å². The molecule has 0 atom stereocenters. The van der Waals surface area contributed by atoms with Crippen molar-refractivity contribution in [3.05, 3.63) is 30.4 Å². The van der Waals surface area contributed by atoms with Gasteiger partial charge in [0.15, 0.2) is 5.65 Å². The van der Waals surface area contributed by atoms with E-state index in [0.29, 0.717) is 40.3 Å². The third-order valence-electron chi connectivity index (χ3n) is 5.86. The molecule has 0 aromatic carbocycles. The van der Waals surface area contributed by atoms with Crippen LogP contribution in [0, 0.1) is 6.92 Å². The van der Waals surface area contributed by atoms with Crippen LogP contribution in [0.2, 0.25) is 0 Å². The maximum atomic E-state index is 13.0. The summed E-state index contributed by atoms with van der Waals surface area (Å²) in [6.45, 7) is 3.40. The lowest BCUT2D eigenvalue weighted by Crippen LogP contribution is -2.37. The number of likely N-dealkylation sites (tertiary alicyclic amines) is 1. The summed E-state index contributed by atoms with van der Waals surface area (Å²) in [6, 6.07) is 4.02. The molecule has 0 unspecified atom stereocenters. The minimum absolute atomic E-state index is 0.366. The maximum Gasteiger partial charge on any atom is 0.256 e. The number of piperidine rings is 1. The van der Waals surface area contributed by atoms with Gasteiger partial charge in [0.25, 0.3) is 6.43 Å². The number of aromatic amines is 1. The Labute approximate surface area is 177 Å². The van der Waals surface area contributed by atoms with Gasteiger partial charge in [0.2, 0.25) is 5.95 Å². The average molecular weight is 426 g/mol. The lowest BCUT2D eigenvalue weighted by molar-refractivity contribution is 0.127. The van der Waals surface area contributed by atoms with E-state index in [-0.39, 0.29) is 0 Å². The summed E-state index contributed by atoms with van der Waals surface area (Å²) in [5, 5.41) is 4.26. The standard InChI is InChI=1S/C21H24F2N8/c1-12-26-17-4-3-16(28-20(17)31(12)11-18(22)23)14-9-24-19-15(14)10-25-21(29-19)27-13-5-7-30(2)8-6-13/h3-4,9-10,13,18H,5-8,11H2,1-2H3,(H2,24,25,27,29). The molecule has 162 valence electrons. The van der Waals surface area contributed by atoms with Gasteiger partial charge >= 0.3 is 0 Å². The van der Waals surface area contributed by atoms with E-state index in [1.54, 1.807) is 13.1 Å². The lowest BCUT2D eigenvalue weighted by Gasteiger charge is -2.29. The number of nitrogens with one attached hydrogen (secondary N) is 2. The number of fused-ring (bicyclic) bond motifs is 2. The molecule has 4 aromatic heterocycles. The summed E-state index contributed by atoms with van der Waals surface area (Å²) >= 11 is 0. The van der Waals surface area contributed by atoms with E-state index in [4.69, 9.17) is 0 Å². The van der Waals surface area contributed by atoms with E-state index in [0.717, 1.165) is 36.9 Å². The smallest absolute Gasteiger partial charge is 0.256 e. The van der Waals surface area contributed by atoms with Crippen molar-refractivity contribution in [2.75, 3.05) is 25.5 Å². The number of nitrogens with zero attached hydrogens (tertiary/aromatic N) is 6. The quantitative estimate of drug-likeness (QED) is 0.508. The molecule has 0 amide bonds. The molecular weight excluding hydrogens is 402 g/mol. The fourth-order valence-corrected chi connectivity index (χ4v) is 4.15. The SMILES string of the molecule is Cc1nc2ccc(-c3c[nH]c4nc(NC5CCN(C)CC5)ncc34)nc2n1CC(F)F. The van der Waals surface area contributed by atoms with E-state index in [2.05, 4.69) is 42.2 Å². The van der Waals surface area contributed by atoms with Crippen molar-refractivity contribution in [3.63, 3.8) is 0 Å². The van der Waals surface area contributed by atoms with Crippen molar-refractivity contribution in [1.82, 2.24) is 34.4 Å². The Morgan fingerprint density at radius 1 is 1.19 bits per heavy atom. The highest BCUT2D eigenvalue weighted by atomic mass is 19.3. The van der Waals surface area contributed by atoms with Gasteiger partial charge in [-0.05, 0) is 52.0 Å². The van der Waals surface area contributed by atoms with Crippen LogP contribution in [-0.4, -0.2) is 67.0 Å². The van der Waals surface area contributed by atoms with Gasteiger partial charge in [0.1, 0.15) is 17.0 Å². The predicted octanol–water partition coefficient (Wildman–Crippen LogP) is 3.45. The van der Waals surface area contributed by atoms with Crippen LogP contribution in [0.5, 0.6) is 0 Å². The molecule has 5 rings (SSSR count). The number of rotatable bonds is 5. The summed E-state index contributed by atoms with van der Waals surface area (Å²) in [5.41, 5.74) is 3.24. The third-order valence-corrected chi connectivity index (χ3v) is 5.86. The fourth-order valence-electron chi connectivity index (χ4n) is 4.15. The van der Waals surface area contributed by atoms with Crippen LogP contribution in [0.3, 0.4) is 0 Å². The number of hydrogen-bond donors (Lipinski definition) is 2. The van der Waals surface area contributed by atoms with Crippen molar-refractivity contribution in [2.45, 2.75) is 38.8 Å². The predicted molar refractivity (Wildman–Crippen MR) is 115 cm³/mol. The molecule has 10 heteroatoms. The van der Waals surface area contributed by atoms with E-state index in [1.807, 2.05) is 18.3 Å². The van der Waals surface area contributed by atoms with Gasteiger partial charge in [-0.3, -0.25) is 0 Å². The van der Waals surface area contributed by atoms with Gasteiger partial charge in [-0.2, -0.15) is 4.98 Å². The second-order valence-corrected chi connectivity index (χ2v) is 8.08. The van der Waals surface area contributed by atoms with Gasteiger partial charge in [-0.1, -0.05) is 0 Å². The molecule has 1 aliphatic rings. The molecule has 0 bridgehead atoms. The van der Waals surface area contributed by atoms with Gasteiger partial charge in [-0.25, -0.2) is 23.7 Å². The summed E-state index contributed by atoms with van der Waals surface area (Å²) in [6.07, 6.45) is 3.25. The Morgan fingerprint density at radius 3 is 2.77 bits per heavy atom. The molecule has 1 saturated heterocycles. The first kappa shape index (κ1) is 19.8. The first-order valence-electron chi connectivity index (χ1n) is 10.4. The Kier molecular flexibility index (Phi) is 5.01. The Balaban J connectivity index is 1.45. The zero-order chi connectivity index (χ0) is 21.5. The van der Waals surface area contributed by atoms with Gasteiger partial charge in [-0.15, -0.1) is 0 Å². The maximum absolute atomic E-state index is 13.0. The topological polar surface area (TPSA) is 87.6 Å². The first-order valence-corrected chi connectivity index (χ1v) is 10.4. The van der Waals surface area contributed by atoms with Crippen molar-refractivity contribution in [1.29, 1.82) is 0 Å². The lowest BCUT2D eigenvalue weighted by atomic mass is 10.1. The Hall–Kier alpha value is -3.14. The van der Waals surface area contributed by atoms with Gasteiger partial charge in [0, 0.05) is 29.4 Å². The minimum Gasteiger partial charge on any atom is -0.351 e. The number of halogens is 2. The van der Waals surface area contributed by atoms with E-state index in [9.17, 15) is 8.78 Å². The molecule has 0 aliphatic carbocycles. The number of pyridine rings is 1. The van der Waals surface area contributed by atoms with Crippen LogP contribution in [0.25, 0.3) is 33.5 Å². The Morgan fingerprint density at radius 2 is 2.00 bits per heavy atom. The number of H-pyrrole nitrogens is 1. The van der Waals surface area contributed by atoms with E-state index < -0.39 is 13.0 Å². The van der Waals surface area contributed by atoms with Gasteiger partial charge < -0.3 is 19.8 Å². The molecule has 8 nitrogen and oxygen atoms in total. The summed E-state index contributed by atoms with van der Waals surface area (Å²) in [4.78, 5) is 23.6. The van der Waals surface area contributed by atoms with Crippen molar-refractivity contribution in [3.8, 4) is 11.3 Å². The molecule has 1 aliphatic heterocycles. The first-order chi connectivity index (χ1) is 15.0. The highest BCUT2D eigenvalue weighted by Crippen LogP contribution is 2.28. The number of alkyl halides is 2. The molecule has 2 N–H and O–H groups in total. The molecule has 4 aromatic rings. The molecule has 0 spiro atoms. The average Bonchev–Trinajstić information content (AvgIpc) is 3.30. The summed E-state index contributed by atoms with van der Waals surface area (Å²) < 4.78 is 27.5. The molecule has 5 heterocycles. The zero-order valence-corrected chi connectivity index (χ0v) is 17.4. The van der Waals surface area contributed by atoms with Crippen LogP contribution >= 0.6 is 0 Å². The third kappa shape index (κ3) is 3.83. The Bertz CT molecular complexity index is 1220. The second kappa shape index (κ2) is 7.84. The number of imidazole rings is 1. The van der Waals surface area contributed by atoms with Crippen molar-refractivity contribution in [2.24, 2.45) is 0 Å². The highest BCUT2D eigenvalue weighted by molar-refractivity contribution is 5.93. The minimum atomic E-state index is -2.47. The van der Waals surface area contributed by atoms with E-state index >= 15 is 0 Å². The van der Waals surface area contributed by atoms with Crippen LogP contribution in [0.15, 0.2) is 24.5 Å². The zero-order valence-electron chi connectivity index (χ0n) is 17.4. The molecule has 0 saturated carbocycles.